The third kappa shape index (κ3) is 2.41. The van der Waals surface area contributed by atoms with E-state index in [9.17, 15) is 4.79 Å². The lowest BCUT2D eigenvalue weighted by molar-refractivity contribution is -0.170. The first-order valence-electron chi connectivity index (χ1n) is 9.15. The van der Waals surface area contributed by atoms with Crippen molar-refractivity contribution in [2.24, 2.45) is 22.2 Å². The van der Waals surface area contributed by atoms with Gasteiger partial charge in [0.2, 0.25) is 5.91 Å². The minimum Gasteiger partial charge on any atom is -0.350 e. The van der Waals surface area contributed by atoms with Gasteiger partial charge in [0.1, 0.15) is 0 Å². The Morgan fingerprint density at radius 3 is 2.57 bits per heavy atom. The van der Waals surface area contributed by atoms with Gasteiger partial charge in [-0.05, 0) is 68.3 Å². The standard InChI is InChI=1S/C19H29N3O/c1-4-22-15(5-6-21-22)10-20-16(23)19-9-14-7-17(2,12-19)11-18(3,8-14)13-19/h5-6,14H,4,7-13H2,1-3H3,(H,20,23)/t14?,17-,18-,19?/m0/s1. The van der Waals surface area contributed by atoms with E-state index in [1.165, 1.54) is 19.3 Å². The molecular formula is C19H29N3O. The smallest absolute Gasteiger partial charge is 0.226 e. The fourth-order valence-corrected chi connectivity index (χ4v) is 6.85. The lowest BCUT2D eigenvalue weighted by atomic mass is 9.40. The lowest BCUT2D eigenvalue weighted by Gasteiger charge is -2.64. The maximum atomic E-state index is 13.1. The highest BCUT2D eigenvalue weighted by Gasteiger charge is 2.62. The average molecular weight is 315 g/mol. The zero-order valence-electron chi connectivity index (χ0n) is 14.7. The quantitative estimate of drug-likeness (QED) is 0.924. The van der Waals surface area contributed by atoms with E-state index in [1.54, 1.807) is 0 Å². The normalized spacial score (nSPS) is 41.3. The van der Waals surface area contributed by atoms with Crippen LogP contribution in [0.4, 0.5) is 0 Å². The summed E-state index contributed by atoms with van der Waals surface area (Å²) in [6.45, 7) is 8.38. The van der Waals surface area contributed by atoms with Crippen molar-refractivity contribution in [3.63, 3.8) is 0 Å². The summed E-state index contributed by atoms with van der Waals surface area (Å²) < 4.78 is 1.96. The molecular weight excluding hydrogens is 286 g/mol. The average Bonchev–Trinajstić information content (AvgIpc) is 2.88. The van der Waals surface area contributed by atoms with Crippen molar-refractivity contribution in [2.75, 3.05) is 0 Å². The van der Waals surface area contributed by atoms with Crippen LogP contribution in [-0.2, 0) is 17.9 Å². The van der Waals surface area contributed by atoms with E-state index in [0.717, 1.165) is 37.4 Å². The molecule has 2 atom stereocenters. The molecule has 1 amide bonds. The molecule has 1 aromatic heterocycles. The molecule has 0 spiro atoms. The predicted octanol–water partition coefficient (Wildman–Crippen LogP) is 3.52. The number of hydrogen-bond donors (Lipinski definition) is 1. The molecule has 0 unspecified atom stereocenters. The second-order valence-corrected chi connectivity index (χ2v) is 9.23. The summed E-state index contributed by atoms with van der Waals surface area (Å²) in [5, 5.41) is 7.54. The Morgan fingerprint density at radius 2 is 1.96 bits per heavy atom. The topological polar surface area (TPSA) is 46.9 Å². The summed E-state index contributed by atoms with van der Waals surface area (Å²) in [7, 11) is 0. The summed E-state index contributed by atoms with van der Waals surface area (Å²) in [4.78, 5) is 13.1. The van der Waals surface area contributed by atoms with Crippen LogP contribution >= 0.6 is 0 Å². The van der Waals surface area contributed by atoms with Gasteiger partial charge in [0, 0.05) is 12.7 Å². The Morgan fingerprint density at radius 1 is 1.26 bits per heavy atom. The largest absolute Gasteiger partial charge is 0.350 e. The van der Waals surface area contributed by atoms with Crippen molar-refractivity contribution in [3.05, 3.63) is 18.0 Å². The first-order valence-corrected chi connectivity index (χ1v) is 9.15. The lowest BCUT2D eigenvalue weighted by Crippen LogP contribution is -2.59. The molecule has 126 valence electrons. The molecule has 1 N–H and O–H groups in total. The summed E-state index contributed by atoms with van der Waals surface area (Å²) in [6, 6.07) is 2.01. The minimum absolute atomic E-state index is 0.111. The van der Waals surface area contributed by atoms with Gasteiger partial charge in [-0.25, -0.2) is 0 Å². The SMILES string of the molecule is CCn1nccc1CNC(=O)C12CC3C[C@](C)(C1)C[C@](C)(C3)C2. The van der Waals surface area contributed by atoms with Crippen LogP contribution in [0.5, 0.6) is 0 Å². The number of aromatic nitrogens is 2. The zero-order chi connectivity index (χ0) is 16.3. The molecule has 0 aromatic carbocycles. The van der Waals surface area contributed by atoms with Crippen LogP contribution in [0, 0.1) is 22.2 Å². The highest BCUT2D eigenvalue weighted by molar-refractivity contribution is 5.83. The fourth-order valence-electron chi connectivity index (χ4n) is 6.85. The molecule has 5 rings (SSSR count). The molecule has 4 nitrogen and oxygen atoms in total. The van der Waals surface area contributed by atoms with E-state index >= 15 is 0 Å². The van der Waals surface area contributed by atoms with E-state index < -0.39 is 0 Å². The molecule has 0 aliphatic heterocycles. The van der Waals surface area contributed by atoms with Gasteiger partial charge in [-0.15, -0.1) is 0 Å². The zero-order valence-corrected chi connectivity index (χ0v) is 14.7. The number of carbonyl (C=O) groups is 1. The molecule has 23 heavy (non-hydrogen) atoms. The number of nitrogens with zero attached hydrogens (tertiary/aromatic N) is 2. The molecule has 4 heteroatoms. The van der Waals surface area contributed by atoms with Crippen LogP contribution in [0.25, 0.3) is 0 Å². The summed E-state index contributed by atoms with van der Waals surface area (Å²) in [5.74, 6) is 1.05. The van der Waals surface area contributed by atoms with Gasteiger partial charge < -0.3 is 5.32 Å². The van der Waals surface area contributed by atoms with Crippen molar-refractivity contribution >= 4 is 5.91 Å². The number of amides is 1. The monoisotopic (exact) mass is 315 g/mol. The number of nitrogens with one attached hydrogen (secondary N) is 1. The third-order valence-electron chi connectivity index (χ3n) is 6.64. The Kier molecular flexibility index (Phi) is 3.20. The first kappa shape index (κ1) is 15.2. The van der Waals surface area contributed by atoms with Crippen molar-refractivity contribution in [1.29, 1.82) is 0 Å². The van der Waals surface area contributed by atoms with E-state index in [4.69, 9.17) is 0 Å². The van der Waals surface area contributed by atoms with Crippen molar-refractivity contribution in [1.82, 2.24) is 15.1 Å². The molecule has 0 radical (unpaired) electrons. The Bertz CT molecular complexity index is 616. The highest BCUT2D eigenvalue weighted by atomic mass is 16.2. The molecule has 1 aromatic rings. The van der Waals surface area contributed by atoms with Crippen LogP contribution in [0.2, 0.25) is 0 Å². The Labute approximate surface area is 139 Å². The molecule has 4 bridgehead atoms. The second kappa shape index (κ2) is 4.84. The van der Waals surface area contributed by atoms with Crippen LogP contribution in [-0.4, -0.2) is 15.7 Å². The van der Waals surface area contributed by atoms with Gasteiger partial charge in [-0.3, -0.25) is 9.48 Å². The number of aryl methyl sites for hydroxylation is 1. The number of carbonyl (C=O) groups excluding carboxylic acids is 1. The van der Waals surface area contributed by atoms with Gasteiger partial charge in [0.25, 0.3) is 0 Å². The molecule has 4 aliphatic carbocycles. The van der Waals surface area contributed by atoms with Crippen molar-refractivity contribution in [3.8, 4) is 0 Å². The number of hydrogen-bond acceptors (Lipinski definition) is 2. The Hall–Kier alpha value is -1.32. The number of rotatable bonds is 4. The van der Waals surface area contributed by atoms with Crippen LogP contribution in [0.15, 0.2) is 12.3 Å². The van der Waals surface area contributed by atoms with E-state index in [-0.39, 0.29) is 5.41 Å². The van der Waals surface area contributed by atoms with Gasteiger partial charge in [-0.1, -0.05) is 13.8 Å². The van der Waals surface area contributed by atoms with E-state index in [1.807, 2.05) is 16.9 Å². The van der Waals surface area contributed by atoms with Crippen molar-refractivity contribution < 1.29 is 4.79 Å². The summed E-state index contributed by atoms with van der Waals surface area (Å²) >= 11 is 0. The highest BCUT2D eigenvalue weighted by Crippen LogP contribution is 2.69. The third-order valence-corrected chi connectivity index (χ3v) is 6.64. The fraction of sp³-hybridized carbons (Fsp3) is 0.789. The van der Waals surface area contributed by atoms with E-state index in [2.05, 4.69) is 31.2 Å². The van der Waals surface area contributed by atoms with Gasteiger partial charge in [0.15, 0.2) is 0 Å². The molecule has 4 saturated carbocycles. The van der Waals surface area contributed by atoms with E-state index in [0.29, 0.717) is 23.3 Å². The first-order chi connectivity index (χ1) is 10.9. The minimum atomic E-state index is -0.111. The van der Waals surface area contributed by atoms with Crippen molar-refractivity contribution in [2.45, 2.75) is 72.4 Å². The van der Waals surface area contributed by atoms with Crippen LogP contribution in [0.3, 0.4) is 0 Å². The predicted molar refractivity (Wildman–Crippen MR) is 89.6 cm³/mol. The van der Waals surface area contributed by atoms with Gasteiger partial charge in [-0.2, -0.15) is 5.10 Å². The maximum absolute atomic E-state index is 13.1. The van der Waals surface area contributed by atoms with Crippen LogP contribution < -0.4 is 5.32 Å². The molecule has 4 aliphatic rings. The molecule has 1 heterocycles. The Balaban J connectivity index is 1.52. The van der Waals surface area contributed by atoms with Gasteiger partial charge in [0.05, 0.1) is 17.7 Å². The van der Waals surface area contributed by atoms with Crippen LogP contribution in [0.1, 0.15) is 65.0 Å². The van der Waals surface area contributed by atoms with Gasteiger partial charge >= 0.3 is 0 Å². The molecule has 4 fully saturated rings. The summed E-state index contributed by atoms with van der Waals surface area (Å²) in [6.07, 6.45) is 9.08. The molecule has 0 saturated heterocycles. The second-order valence-electron chi connectivity index (χ2n) is 9.23. The maximum Gasteiger partial charge on any atom is 0.226 e. The summed E-state index contributed by atoms with van der Waals surface area (Å²) in [5.41, 5.74) is 1.76.